The van der Waals surface area contributed by atoms with E-state index in [0.29, 0.717) is 0 Å². The fourth-order valence-electron chi connectivity index (χ4n) is 1.58. The number of nitriles is 1. The standard InChI is InChI=1S/C12H8F3N5/c13-12(14,15)10-1-2-17-5-9(10)6-19-11-8(3-16)4-18-7-20-11/h1-2,4-5,7H,6H2,(H,18,19,20). The molecule has 0 unspecified atom stereocenters. The largest absolute Gasteiger partial charge is 0.416 e. The lowest BCUT2D eigenvalue weighted by atomic mass is 10.1. The highest BCUT2D eigenvalue weighted by molar-refractivity contribution is 5.50. The summed E-state index contributed by atoms with van der Waals surface area (Å²) >= 11 is 0. The summed E-state index contributed by atoms with van der Waals surface area (Å²) in [7, 11) is 0. The summed E-state index contributed by atoms with van der Waals surface area (Å²) in [4.78, 5) is 11.1. The Bertz CT molecular complexity index is 648. The van der Waals surface area contributed by atoms with Crippen LogP contribution in [-0.4, -0.2) is 15.0 Å². The van der Waals surface area contributed by atoms with Gasteiger partial charge in [0, 0.05) is 24.5 Å². The van der Waals surface area contributed by atoms with Crippen molar-refractivity contribution < 1.29 is 13.2 Å². The van der Waals surface area contributed by atoms with Crippen molar-refractivity contribution in [3.8, 4) is 6.07 Å². The number of hydrogen-bond donors (Lipinski definition) is 1. The van der Waals surface area contributed by atoms with Crippen LogP contribution in [0.5, 0.6) is 0 Å². The van der Waals surface area contributed by atoms with Crippen molar-refractivity contribution in [2.45, 2.75) is 12.7 Å². The molecule has 0 aliphatic rings. The van der Waals surface area contributed by atoms with Crippen LogP contribution in [0.2, 0.25) is 0 Å². The molecule has 0 saturated carbocycles. The van der Waals surface area contributed by atoms with Crippen molar-refractivity contribution in [1.29, 1.82) is 5.26 Å². The molecule has 20 heavy (non-hydrogen) atoms. The number of aromatic nitrogens is 3. The summed E-state index contributed by atoms with van der Waals surface area (Å²) in [5.74, 6) is 0.180. The zero-order chi connectivity index (χ0) is 14.6. The average molecular weight is 279 g/mol. The maximum atomic E-state index is 12.8. The molecule has 0 spiro atoms. The Labute approximate surface area is 112 Å². The van der Waals surface area contributed by atoms with Crippen molar-refractivity contribution in [2.75, 3.05) is 5.32 Å². The van der Waals surface area contributed by atoms with Crippen LogP contribution in [0.1, 0.15) is 16.7 Å². The second-order valence-corrected chi connectivity index (χ2v) is 3.78. The Balaban J connectivity index is 2.22. The zero-order valence-corrected chi connectivity index (χ0v) is 10.0. The van der Waals surface area contributed by atoms with Crippen molar-refractivity contribution in [2.24, 2.45) is 0 Å². The topological polar surface area (TPSA) is 74.5 Å². The normalized spacial score (nSPS) is 10.9. The summed E-state index contributed by atoms with van der Waals surface area (Å²) in [6.45, 7) is -0.144. The first-order valence-electron chi connectivity index (χ1n) is 5.46. The molecule has 2 rings (SSSR count). The molecule has 102 valence electrons. The quantitative estimate of drug-likeness (QED) is 0.933. The first-order valence-corrected chi connectivity index (χ1v) is 5.46. The average Bonchev–Trinajstić information content (AvgIpc) is 2.44. The Morgan fingerprint density at radius 1 is 1.25 bits per heavy atom. The van der Waals surface area contributed by atoms with Crippen LogP contribution >= 0.6 is 0 Å². The van der Waals surface area contributed by atoms with Crippen LogP contribution in [0.15, 0.2) is 31.0 Å². The maximum Gasteiger partial charge on any atom is 0.416 e. The van der Waals surface area contributed by atoms with Crippen LogP contribution in [0.25, 0.3) is 0 Å². The Kier molecular flexibility index (Phi) is 3.79. The van der Waals surface area contributed by atoms with E-state index in [2.05, 4.69) is 20.3 Å². The third-order valence-electron chi connectivity index (χ3n) is 2.49. The fourth-order valence-corrected chi connectivity index (χ4v) is 1.58. The number of nitrogens with one attached hydrogen (secondary N) is 1. The predicted octanol–water partition coefficient (Wildman–Crippen LogP) is 2.37. The van der Waals surface area contributed by atoms with E-state index in [-0.39, 0.29) is 23.5 Å². The molecule has 8 heteroatoms. The second-order valence-electron chi connectivity index (χ2n) is 3.78. The van der Waals surface area contributed by atoms with E-state index in [4.69, 9.17) is 5.26 Å². The van der Waals surface area contributed by atoms with Crippen LogP contribution in [0.4, 0.5) is 19.0 Å². The number of anilines is 1. The molecule has 0 atom stereocenters. The van der Waals surface area contributed by atoms with Gasteiger partial charge < -0.3 is 5.32 Å². The summed E-state index contributed by atoms with van der Waals surface area (Å²) in [5, 5.41) is 11.5. The van der Waals surface area contributed by atoms with E-state index in [1.807, 2.05) is 6.07 Å². The minimum atomic E-state index is -4.45. The molecule has 0 saturated heterocycles. The van der Waals surface area contributed by atoms with Gasteiger partial charge in [-0.1, -0.05) is 0 Å². The fraction of sp³-hybridized carbons (Fsp3) is 0.167. The molecule has 0 fully saturated rings. The van der Waals surface area contributed by atoms with Crippen molar-refractivity contribution >= 4 is 5.82 Å². The number of rotatable bonds is 3. The van der Waals surface area contributed by atoms with Crippen LogP contribution in [0, 0.1) is 11.3 Å². The Morgan fingerprint density at radius 2 is 2.05 bits per heavy atom. The van der Waals surface area contributed by atoms with Gasteiger partial charge >= 0.3 is 6.18 Å². The van der Waals surface area contributed by atoms with Gasteiger partial charge in [-0.2, -0.15) is 18.4 Å². The first-order chi connectivity index (χ1) is 9.52. The summed E-state index contributed by atoms with van der Waals surface area (Å²) in [6, 6.07) is 2.76. The molecule has 2 aromatic rings. The van der Waals surface area contributed by atoms with Crippen LogP contribution in [-0.2, 0) is 12.7 Å². The van der Waals surface area contributed by atoms with Gasteiger partial charge in [0.05, 0.1) is 11.8 Å². The van der Waals surface area contributed by atoms with Gasteiger partial charge in [-0.3, -0.25) is 4.98 Å². The molecule has 0 aliphatic carbocycles. The van der Waals surface area contributed by atoms with Gasteiger partial charge in [0.15, 0.2) is 0 Å². The zero-order valence-electron chi connectivity index (χ0n) is 10.0. The highest BCUT2D eigenvalue weighted by atomic mass is 19.4. The van der Waals surface area contributed by atoms with Crippen molar-refractivity contribution in [3.63, 3.8) is 0 Å². The highest BCUT2D eigenvalue weighted by Crippen LogP contribution is 2.31. The molecule has 0 amide bonds. The van der Waals surface area contributed by atoms with Crippen molar-refractivity contribution in [1.82, 2.24) is 15.0 Å². The van der Waals surface area contributed by atoms with Gasteiger partial charge in [-0.25, -0.2) is 9.97 Å². The molecule has 0 aliphatic heterocycles. The van der Waals surface area contributed by atoms with E-state index in [1.54, 1.807) is 0 Å². The van der Waals surface area contributed by atoms with Gasteiger partial charge in [0.1, 0.15) is 23.8 Å². The number of alkyl halides is 3. The van der Waals surface area contributed by atoms with Crippen molar-refractivity contribution in [3.05, 3.63) is 47.7 Å². The molecule has 0 bridgehead atoms. The van der Waals surface area contributed by atoms with Gasteiger partial charge in [0.2, 0.25) is 0 Å². The third-order valence-corrected chi connectivity index (χ3v) is 2.49. The van der Waals surface area contributed by atoms with Gasteiger partial charge in [-0.15, -0.1) is 0 Å². The summed E-state index contributed by atoms with van der Waals surface area (Å²) in [6.07, 6.45) is 0.241. The summed E-state index contributed by atoms with van der Waals surface area (Å²) in [5.41, 5.74) is -0.639. The highest BCUT2D eigenvalue weighted by Gasteiger charge is 2.33. The van der Waals surface area contributed by atoms with E-state index >= 15 is 0 Å². The number of pyridine rings is 1. The van der Waals surface area contributed by atoms with Gasteiger partial charge in [-0.05, 0) is 6.07 Å². The Morgan fingerprint density at radius 3 is 2.75 bits per heavy atom. The summed E-state index contributed by atoms with van der Waals surface area (Å²) < 4.78 is 38.4. The molecule has 2 heterocycles. The maximum absolute atomic E-state index is 12.8. The minimum Gasteiger partial charge on any atom is -0.365 e. The van der Waals surface area contributed by atoms with E-state index in [0.717, 1.165) is 18.5 Å². The lowest BCUT2D eigenvalue weighted by Crippen LogP contribution is -2.13. The van der Waals surface area contributed by atoms with E-state index < -0.39 is 11.7 Å². The minimum absolute atomic E-state index is 0.0255. The lowest BCUT2D eigenvalue weighted by Gasteiger charge is -2.13. The Hall–Kier alpha value is -2.69. The predicted molar refractivity (Wildman–Crippen MR) is 63.3 cm³/mol. The third kappa shape index (κ3) is 3.00. The van der Waals surface area contributed by atoms with Gasteiger partial charge in [0.25, 0.3) is 0 Å². The van der Waals surface area contributed by atoms with E-state index in [1.165, 1.54) is 12.5 Å². The number of nitrogens with zero attached hydrogens (tertiary/aromatic N) is 4. The SMILES string of the molecule is N#Cc1cncnc1NCc1cnccc1C(F)(F)F. The lowest BCUT2D eigenvalue weighted by molar-refractivity contribution is -0.138. The number of hydrogen-bond acceptors (Lipinski definition) is 5. The molecular formula is C12H8F3N5. The molecule has 2 aromatic heterocycles. The molecule has 5 nitrogen and oxygen atoms in total. The van der Waals surface area contributed by atoms with Crippen LogP contribution < -0.4 is 5.32 Å². The van der Waals surface area contributed by atoms with Crippen LogP contribution in [0.3, 0.4) is 0 Å². The molecule has 0 aromatic carbocycles. The number of halogens is 3. The van der Waals surface area contributed by atoms with E-state index in [9.17, 15) is 13.2 Å². The molecule has 0 radical (unpaired) electrons. The smallest absolute Gasteiger partial charge is 0.365 e. The monoisotopic (exact) mass is 279 g/mol. The molecule has 1 N–H and O–H groups in total. The molecular weight excluding hydrogens is 271 g/mol. The second kappa shape index (κ2) is 5.52. The first kappa shape index (κ1) is 13.7.